The van der Waals surface area contributed by atoms with Crippen LogP contribution in [-0.4, -0.2) is 12.1 Å². The second kappa shape index (κ2) is 3.74. The van der Waals surface area contributed by atoms with E-state index in [9.17, 15) is 4.79 Å². The number of hydrogen-bond acceptors (Lipinski definition) is 2. The van der Waals surface area contributed by atoms with Crippen molar-refractivity contribution < 1.29 is 9.53 Å². The highest BCUT2D eigenvalue weighted by Gasteiger charge is 2.30. The lowest BCUT2D eigenvalue weighted by molar-refractivity contribution is -0.140. The van der Waals surface area contributed by atoms with E-state index in [0.29, 0.717) is 12.3 Å². The maximum absolute atomic E-state index is 10.8. The predicted molar refractivity (Wildman–Crippen MR) is 43.2 cm³/mol. The van der Waals surface area contributed by atoms with E-state index in [0.717, 1.165) is 6.42 Å². The molecule has 0 saturated carbocycles. The normalized spacial score (nSPS) is 30.5. The highest BCUT2D eigenvalue weighted by Crippen LogP contribution is 2.26. The third kappa shape index (κ3) is 2.21. The second-order valence-corrected chi connectivity index (χ2v) is 3.30. The fourth-order valence-electron chi connectivity index (χ4n) is 1.53. The molecule has 2 atom stereocenters. The van der Waals surface area contributed by atoms with Crippen LogP contribution in [0.25, 0.3) is 0 Å². The lowest BCUT2D eigenvalue weighted by atomic mass is 9.96. The third-order valence-electron chi connectivity index (χ3n) is 2.34. The average molecular weight is 156 g/mol. The van der Waals surface area contributed by atoms with Gasteiger partial charge in [0, 0.05) is 5.92 Å². The van der Waals surface area contributed by atoms with Crippen LogP contribution >= 0.6 is 0 Å². The van der Waals surface area contributed by atoms with Gasteiger partial charge in [-0.05, 0) is 13.3 Å². The van der Waals surface area contributed by atoms with Crippen LogP contribution in [0.5, 0.6) is 0 Å². The summed E-state index contributed by atoms with van der Waals surface area (Å²) >= 11 is 0. The van der Waals surface area contributed by atoms with E-state index in [-0.39, 0.29) is 12.1 Å². The van der Waals surface area contributed by atoms with Crippen molar-refractivity contribution in [1.29, 1.82) is 0 Å². The van der Waals surface area contributed by atoms with E-state index in [1.54, 1.807) is 0 Å². The number of ether oxygens (including phenoxy) is 1. The molecule has 2 heteroatoms. The number of unbranched alkanes of at least 4 members (excludes halogenated alkanes) is 1. The van der Waals surface area contributed by atoms with Crippen molar-refractivity contribution in [2.75, 3.05) is 0 Å². The van der Waals surface area contributed by atoms with Crippen molar-refractivity contribution in [3.8, 4) is 0 Å². The summed E-state index contributed by atoms with van der Waals surface area (Å²) < 4.78 is 5.03. The average Bonchev–Trinajstić information content (AvgIpc) is 2.26. The molecule has 0 spiro atoms. The van der Waals surface area contributed by atoms with Crippen LogP contribution in [-0.2, 0) is 9.53 Å². The lowest BCUT2D eigenvalue weighted by Gasteiger charge is -2.10. The van der Waals surface area contributed by atoms with Crippen LogP contribution in [0.3, 0.4) is 0 Å². The maximum atomic E-state index is 10.8. The molecule has 1 unspecified atom stereocenters. The number of rotatable bonds is 3. The van der Waals surface area contributed by atoms with Gasteiger partial charge in [-0.15, -0.1) is 0 Å². The van der Waals surface area contributed by atoms with Crippen LogP contribution in [0.4, 0.5) is 0 Å². The number of carbonyl (C=O) groups is 1. The molecule has 1 rings (SSSR count). The molecule has 0 N–H and O–H groups in total. The van der Waals surface area contributed by atoms with E-state index in [1.165, 1.54) is 12.8 Å². The Hall–Kier alpha value is -0.530. The van der Waals surface area contributed by atoms with Gasteiger partial charge in [-0.2, -0.15) is 0 Å². The van der Waals surface area contributed by atoms with Gasteiger partial charge in [0.25, 0.3) is 0 Å². The van der Waals surface area contributed by atoms with Crippen molar-refractivity contribution >= 4 is 5.97 Å². The fourth-order valence-corrected chi connectivity index (χ4v) is 1.53. The first kappa shape index (κ1) is 8.57. The topological polar surface area (TPSA) is 26.3 Å². The van der Waals surface area contributed by atoms with Crippen molar-refractivity contribution in [3.63, 3.8) is 0 Å². The number of cyclic esters (lactones) is 1. The molecule has 0 radical (unpaired) electrons. The largest absolute Gasteiger partial charge is 0.462 e. The highest BCUT2D eigenvalue weighted by atomic mass is 16.5. The summed E-state index contributed by atoms with van der Waals surface area (Å²) in [6.45, 7) is 4.16. The summed E-state index contributed by atoms with van der Waals surface area (Å²) in [7, 11) is 0. The molecule has 11 heavy (non-hydrogen) atoms. The molecule has 1 aliphatic heterocycles. The van der Waals surface area contributed by atoms with E-state index in [4.69, 9.17) is 4.74 Å². The van der Waals surface area contributed by atoms with Crippen molar-refractivity contribution in [2.45, 2.75) is 45.6 Å². The first-order valence-corrected chi connectivity index (χ1v) is 4.43. The molecule has 0 aromatic rings. The van der Waals surface area contributed by atoms with Crippen molar-refractivity contribution in [2.24, 2.45) is 5.92 Å². The first-order chi connectivity index (χ1) is 5.24. The molecular weight excluding hydrogens is 140 g/mol. The Morgan fingerprint density at radius 1 is 1.64 bits per heavy atom. The van der Waals surface area contributed by atoms with Crippen LogP contribution < -0.4 is 0 Å². The summed E-state index contributed by atoms with van der Waals surface area (Å²) in [5, 5.41) is 0. The summed E-state index contributed by atoms with van der Waals surface area (Å²) in [5.74, 6) is 0.473. The van der Waals surface area contributed by atoms with Gasteiger partial charge in [0.2, 0.25) is 0 Å². The molecule has 1 saturated heterocycles. The smallest absolute Gasteiger partial charge is 0.306 e. The zero-order chi connectivity index (χ0) is 8.27. The molecule has 1 heterocycles. The summed E-state index contributed by atoms with van der Waals surface area (Å²) in [4.78, 5) is 10.8. The van der Waals surface area contributed by atoms with Crippen molar-refractivity contribution in [3.05, 3.63) is 0 Å². The Morgan fingerprint density at radius 3 is 2.82 bits per heavy atom. The van der Waals surface area contributed by atoms with E-state index in [1.807, 2.05) is 6.92 Å². The first-order valence-electron chi connectivity index (χ1n) is 4.43. The van der Waals surface area contributed by atoms with Gasteiger partial charge < -0.3 is 4.74 Å². The van der Waals surface area contributed by atoms with Gasteiger partial charge in [-0.1, -0.05) is 19.8 Å². The van der Waals surface area contributed by atoms with Crippen LogP contribution in [0.15, 0.2) is 0 Å². The standard InChI is InChI=1S/C9H16O2/c1-3-4-5-8-6-9(10)11-7(8)2/h7-8H,3-6H2,1-2H3/t7-,8?/m0/s1. The Bertz CT molecular complexity index is 142. The molecular formula is C9H16O2. The lowest BCUT2D eigenvalue weighted by Crippen LogP contribution is -2.10. The number of esters is 1. The van der Waals surface area contributed by atoms with Crippen molar-refractivity contribution in [1.82, 2.24) is 0 Å². The van der Waals surface area contributed by atoms with Crippen LogP contribution in [0.2, 0.25) is 0 Å². The summed E-state index contributed by atoms with van der Waals surface area (Å²) in [6.07, 6.45) is 4.36. The van der Waals surface area contributed by atoms with Gasteiger partial charge in [-0.3, -0.25) is 4.79 Å². The molecule has 64 valence electrons. The molecule has 0 aromatic heterocycles. The summed E-state index contributed by atoms with van der Waals surface area (Å²) in [5.41, 5.74) is 0. The number of hydrogen-bond donors (Lipinski definition) is 0. The Balaban J connectivity index is 2.28. The van der Waals surface area contributed by atoms with Gasteiger partial charge in [-0.25, -0.2) is 0 Å². The Morgan fingerprint density at radius 2 is 2.36 bits per heavy atom. The monoisotopic (exact) mass is 156 g/mol. The molecule has 0 amide bonds. The minimum Gasteiger partial charge on any atom is -0.462 e. The molecule has 0 aromatic carbocycles. The minimum absolute atomic E-state index is 0.0152. The predicted octanol–water partition coefficient (Wildman–Crippen LogP) is 2.13. The molecule has 2 nitrogen and oxygen atoms in total. The van der Waals surface area contributed by atoms with Crippen LogP contribution in [0.1, 0.15) is 39.5 Å². The highest BCUT2D eigenvalue weighted by molar-refractivity contribution is 5.71. The Kier molecular flexibility index (Phi) is 2.92. The van der Waals surface area contributed by atoms with E-state index in [2.05, 4.69) is 6.92 Å². The summed E-state index contributed by atoms with van der Waals surface area (Å²) in [6, 6.07) is 0. The zero-order valence-corrected chi connectivity index (χ0v) is 7.30. The molecule has 0 aliphatic carbocycles. The van der Waals surface area contributed by atoms with E-state index >= 15 is 0 Å². The second-order valence-electron chi connectivity index (χ2n) is 3.30. The maximum Gasteiger partial charge on any atom is 0.306 e. The third-order valence-corrected chi connectivity index (χ3v) is 2.34. The molecule has 1 aliphatic rings. The van der Waals surface area contributed by atoms with Gasteiger partial charge in [0.05, 0.1) is 6.42 Å². The molecule has 0 bridgehead atoms. The van der Waals surface area contributed by atoms with E-state index < -0.39 is 0 Å². The van der Waals surface area contributed by atoms with Gasteiger partial charge in [0.15, 0.2) is 0 Å². The minimum atomic E-state index is -0.0152. The fraction of sp³-hybridized carbons (Fsp3) is 0.889. The quantitative estimate of drug-likeness (QED) is 0.585. The number of carbonyl (C=O) groups excluding carboxylic acids is 1. The van der Waals surface area contributed by atoms with Gasteiger partial charge >= 0.3 is 5.97 Å². The van der Waals surface area contributed by atoms with Gasteiger partial charge in [0.1, 0.15) is 6.10 Å². The SMILES string of the molecule is CCCCC1CC(=O)O[C@H]1C. The zero-order valence-electron chi connectivity index (χ0n) is 7.30. The van der Waals surface area contributed by atoms with Crippen LogP contribution in [0, 0.1) is 5.92 Å². The molecule has 1 fully saturated rings. The Labute approximate surface area is 67.9 Å².